The van der Waals surface area contributed by atoms with Crippen LogP contribution in [0.4, 0.5) is 5.69 Å². The number of hydrogen-bond donors (Lipinski definition) is 1. The highest BCUT2D eigenvalue weighted by Crippen LogP contribution is 2.18. The van der Waals surface area contributed by atoms with E-state index in [-0.39, 0.29) is 5.56 Å². The number of aryl methyl sites for hydroxylation is 1. The van der Waals surface area contributed by atoms with Gasteiger partial charge in [0.25, 0.3) is 5.56 Å². The molecule has 112 valence electrons. The maximum absolute atomic E-state index is 12.1. The largest absolute Gasteiger partial charge is 0.497 e. The standard InChI is InChI=1S/C15H18BrN3O2/c1-3-7-19-15(20)14(16)13(10-18-19)17-9-11-5-4-6-12(8-11)21-2/h4-6,8,10,17H,3,7,9H2,1-2H3. The Labute approximate surface area is 132 Å². The summed E-state index contributed by atoms with van der Waals surface area (Å²) < 4.78 is 7.16. The Morgan fingerprint density at radius 2 is 2.24 bits per heavy atom. The van der Waals surface area contributed by atoms with E-state index in [1.807, 2.05) is 31.2 Å². The van der Waals surface area contributed by atoms with Gasteiger partial charge in [0.05, 0.1) is 19.0 Å². The number of halogens is 1. The molecule has 2 aromatic rings. The Kier molecular flexibility index (Phi) is 5.38. The Morgan fingerprint density at radius 1 is 1.43 bits per heavy atom. The Hall–Kier alpha value is -1.82. The molecule has 5 nitrogen and oxygen atoms in total. The maximum Gasteiger partial charge on any atom is 0.283 e. The number of hydrogen-bond acceptors (Lipinski definition) is 4. The number of methoxy groups -OCH3 is 1. The van der Waals surface area contributed by atoms with Gasteiger partial charge in [-0.3, -0.25) is 4.79 Å². The highest BCUT2D eigenvalue weighted by atomic mass is 79.9. The minimum atomic E-state index is -0.118. The van der Waals surface area contributed by atoms with E-state index in [1.54, 1.807) is 13.3 Å². The number of nitrogens with zero attached hydrogens (tertiary/aromatic N) is 2. The predicted molar refractivity (Wildman–Crippen MR) is 86.8 cm³/mol. The lowest BCUT2D eigenvalue weighted by atomic mass is 10.2. The zero-order chi connectivity index (χ0) is 15.2. The molecule has 21 heavy (non-hydrogen) atoms. The van der Waals surface area contributed by atoms with Crippen molar-refractivity contribution < 1.29 is 4.74 Å². The van der Waals surface area contributed by atoms with Gasteiger partial charge in [-0.2, -0.15) is 5.10 Å². The van der Waals surface area contributed by atoms with Crippen molar-refractivity contribution in [2.75, 3.05) is 12.4 Å². The number of nitrogens with one attached hydrogen (secondary N) is 1. The molecule has 0 unspecified atom stereocenters. The summed E-state index contributed by atoms with van der Waals surface area (Å²) in [6, 6.07) is 7.77. The van der Waals surface area contributed by atoms with Crippen molar-refractivity contribution >= 4 is 21.6 Å². The molecule has 0 aliphatic heterocycles. The van der Waals surface area contributed by atoms with Crippen LogP contribution in [0.15, 0.2) is 39.7 Å². The molecule has 0 bridgehead atoms. The van der Waals surface area contributed by atoms with E-state index in [4.69, 9.17) is 4.74 Å². The van der Waals surface area contributed by atoms with E-state index in [0.29, 0.717) is 23.2 Å². The highest BCUT2D eigenvalue weighted by molar-refractivity contribution is 9.10. The first-order chi connectivity index (χ1) is 10.2. The lowest BCUT2D eigenvalue weighted by molar-refractivity contribution is 0.414. The van der Waals surface area contributed by atoms with Gasteiger partial charge in [0.2, 0.25) is 0 Å². The highest BCUT2D eigenvalue weighted by Gasteiger charge is 2.08. The first-order valence-electron chi connectivity index (χ1n) is 6.78. The fourth-order valence-electron chi connectivity index (χ4n) is 1.94. The summed E-state index contributed by atoms with van der Waals surface area (Å²) in [7, 11) is 1.64. The molecule has 2 rings (SSSR count). The zero-order valence-electron chi connectivity index (χ0n) is 12.1. The third-order valence-electron chi connectivity index (χ3n) is 3.04. The van der Waals surface area contributed by atoms with Crippen LogP contribution in [0.25, 0.3) is 0 Å². The molecule has 1 N–H and O–H groups in total. The molecule has 1 aromatic carbocycles. The second kappa shape index (κ2) is 7.26. The van der Waals surface area contributed by atoms with Crippen LogP contribution >= 0.6 is 15.9 Å². The summed E-state index contributed by atoms with van der Waals surface area (Å²) in [6.45, 7) is 3.22. The molecule has 0 saturated heterocycles. The Bertz CT molecular complexity index is 670. The second-order valence-electron chi connectivity index (χ2n) is 4.61. The first-order valence-corrected chi connectivity index (χ1v) is 7.57. The summed E-state index contributed by atoms with van der Waals surface area (Å²) in [5.74, 6) is 0.810. The number of benzene rings is 1. The first kappa shape index (κ1) is 15.6. The van der Waals surface area contributed by atoms with Crippen molar-refractivity contribution in [2.24, 2.45) is 0 Å². The Morgan fingerprint density at radius 3 is 2.95 bits per heavy atom. The van der Waals surface area contributed by atoms with Crippen molar-refractivity contribution in [1.29, 1.82) is 0 Å². The van der Waals surface area contributed by atoms with Crippen LogP contribution in [0.1, 0.15) is 18.9 Å². The van der Waals surface area contributed by atoms with Gasteiger partial charge in [-0.1, -0.05) is 19.1 Å². The van der Waals surface area contributed by atoms with E-state index in [2.05, 4.69) is 26.3 Å². The van der Waals surface area contributed by atoms with Gasteiger partial charge in [-0.15, -0.1) is 0 Å². The van der Waals surface area contributed by atoms with Gasteiger partial charge >= 0.3 is 0 Å². The third-order valence-corrected chi connectivity index (χ3v) is 3.80. The monoisotopic (exact) mass is 351 g/mol. The Balaban J connectivity index is 2.13. The molecule has 1 aromatic heterocycles. The second-order valence-corrected chi connectivity index (χ2v) is 5.40. The third kappa shape index (κ3) is 3.85. The molecule has 0 aliphatic carbocycles. The number of aromatic nitrogens is 2. The summed E-state index contributed by atoms with van der Waals surface area (Å²) in [4.78, 5) is 12.1. The van der Waals surface area contributed by atoms with Gasteiger partial charge in [0.15, 0.2) is 0 Å². The van der Waals surface area contributed by atoms with Gasteiger partial charge in [-0.05, 0) is 40.0 Å². The quantitative estimate of drug-likeness (QED) is 0.868. The van der Waals surface area contributed by atoms with Gasteiger partial charge in [0, 0.05) is 13.1 Å². The molecule has 0 spiro atoms. The van der Waals surface area contributed by atoms with Crippen LogP contribution < -0.4 is 15.6 Å². The summed E-state index contributed by atoms with van der Waals surface area (Å²) >= 11 is 3.34. The van der Waals surface area contributed by atoms with Gasteiger partial charge in [-0.25, -0.2) is 4.68 Å². The minimum absolute atomic E-state index is 0.118. The van der Waals surface area contributed by atoms with Crippen molar-refractivity contribution in [3.63, 3.8) is 0 Å². The van der Waals surface area contributed by atoms with Crippen LogP contribution in [0.2, 0.25) is 0 Å². The number of rotatable bonds is 6. The number of ether oxygens (including phenoxy) is 1. The van der Waals surface area contributed by atoms with Crippen LogP contribution in [0, 0.1) is 0 Å². The molecule has 0 fully saturated rings. The molecule has 0 atom stereocenters. The predicted octanol–water partition coefficient (Wildman–Crippen LogP) is 3.04. The molecule has 6 heteroatoms. The van der Waals surface area contributed by atoms with E-state index < -0.39 is 0 Å². The molecular weight excluding hydrogens is 334 g/mol. The number of anilines is 1. The SMILES string of the molecule is CCCn1ncc(NCc2cccc(OC)c2)c(Br)c1=O. The lowest BCUT2D eigenvalue weighted by Gasteiger charge is -2.10. The van der Waals surface area contributed by atoms with E-state index in [0.717, 1.165) is 17.7 Å². The van der Waals surface area contributed by atoms with Crippen molar-refractivity contribution in [1.82, 2.24) is 9.78 Å². The van der Waals surface area contributed by atoms with Crippen LogP contribution in [0.3, 0.4) is 0 Å². The van der Waals surface area contributed by atoms with Crippen molar-refractivity contribution in [2.45, 2.75) is 26.4 Å². The molecular formula is C15H18BrN3O2. The molecule has 0 aliphatic rings. The molecule has 1 heterocycles. The zero-order valence-corrected chi connectivity index (χ0v) is 13.7. The topological polar surface area (TPSA) is 56.1 Å². The average Bonchev–Trinajstić information content (AvgIpc) is 2.51. The fraction of sp³-hybridized carbons (Fsp3) is 0.333. The normalized spacial score (nSPS) is 10.4. The van der Waals surface area contributed by atoms with E-state index >= 15 is 0 Å². The average molecular weight is 352 g/mol. The maximum atomic E-state index is 12.1. The van der Waals surface area contributed by atoms with Crippen molar-refractivity contribution in [3.8, 4) is 5.75 Å². The van der Waals surface area contributed by atoms with Gasteiger partial charge < -0.3 is 10.1 Å². The molecule has 0 radical (unpaired) electrons. The van der Waals surface area contributed by atoms with E-state index in [1.165, 1.54) is 4.68 Å². The summed E-state index contributed by atoms with van der Waals surface area (Å²) in [5, 5.41) is 7.37. The summed E-state index contributed by atoms with van der Waals surface area (Å²) in [5.41, 5.74) is 1.64. The van der Waals surface area contributed by atoms with Crippen LogP contribution in [-0.2, 0) is 13.1 Å². The smallest absolute Gasteiger partial charge is 0.283 e. The van der Waals surface area contributed by atoms with E-state index in [9.17, 15) is 4.79 Å². The van der Waals surface area contributed by atoms with Crippen molar-refractivity contribution in [3.05, 3.63) is 50.9 Å². The van der Waals surface area contributed by atoms with Crippen LogP contribution in [0.5, 0.6) is 5.75 Å². The van der Waals surface area contributed by atoms with Crippen LogP contribution in [-0.4, -0.2) is 16.9 Å². The lowest BCUT2D eigenvalue weighted by Crippen LogP contribution is -2.24. The summed E-state index contributed by atoms with van der Waals surface area (Å²) in [6.07, 6.45) is 2.54. The molecule has 0 amide bonds. The molecule has 0 saturated carbocycles. The van der Waals surface area contributed by atoms with Gasteiger partial charge in [0.1, 0.15) is 10.2 Å². The minimum Gasteiger partial charge on any atom is -0.497 e. The fourth-order valence-corrected chi connectivity index (χ4v) is 2.39.